The largest absolute Gasteiger partial charge is 0.494 e. The third-order valence-electron chi connectivity index (χ3n) is 3.84. The normalized spacial score (nSPS) is 15.6. The topological polar surface area (TPSA) is 71.8 Å². The summed E-state index contributed by atoms with van der Waals surface area (Å²) in [4.78, 5) is 24.3. The van der Waals surface area contributed by atoms with Gasteiger partial charge in [-0.15, -0.1) is 0 Å². The van der Waals surface area contributed by atoms with Crippen LogP contribution in [0.1, 0.15) is 29.8 Å². The Morgan fingerprint density at radius 1 is 1.26 bits per heavy atom. The van der Waals surface area contributed by atoms with Crippen LogP contribution in [0, 0.1) is 5.82 Å². The molecule has 0 saturated carbocycles. The molecular formula is C16H17FN2O4. The lowest BCUT2D eigenvalue weighted by Crippen LogP contribution is -2.45. The van der Waals surface area contributed by atoms with Crippen molar-refractivity contribution in [2.24, 2.45) is 0 Å². The number of rotatable bonds is 3. The van der Waals surface area contributed by atoms with Gasteiger partial charge in [0.15, 0.2) is 22.8 Å². The molecule has 1 fully saturated rings. The highest BCUT2D eigenvalue weighted by atomic mass is 19.1. The minimum absolute atomic E-state index is 0.0470. The number of carbonyl (C=O) groups is 1. The monoisotopic (exact) mass is 320 g/mol. The Morgan fingerprint density at radius 3 is 2.70 bits per heavy atom. The predicted molar refractivity (Wildman–Crippen MR) is 81.9 cm³/mol. The molecule has 0 spiro atoms. The molecule has 1 N–H and O–H groups in total. The van der Waals surface area contributed by atoms with Gasteiger partial charge in [-0.25, -0.2) is 9.40 Å². The van der Waals surface area contributed by atoms with Crippen molar-refractivity contribution in [1.82, 2.24) is 10.4 Å². The highest BCUT2D eigenvalue weighted by Gasteiger charge is 2.18. The van der Waals surface area contributed by atoms with E-state index in [4.69, 9.17) is 9.15 Å². The highest BCUT2D eigenvalue weighted by Crippen LogP contribution is 2.23. The maximum atomic E-state index is 13.7. The molecule has 0 atom stereocenters. The third-order valence-corrected chi connectivity index (χ3v) is 3.84. The van der Waals surface area contributed by atoms with Gasteiger partial charge >= 0.3 is 5.91 Å². The standard InChI is InChI=1S/C16H17FN2O4/c1-22-14-9-13-10(7-11(14)17)12(20)8-15(23-13)16(21)18-19-5-3-2-4-6-19/h7-9H,2-6H2,1H3,(H,18,21). The summed E-state index contributed by atoms with van der Waals surface area (Å²) in [7, 11) is 1.31. The number of carbonyl (C=O) groups excluding carboxylic acids is 1. The van der Waals surface area contributed by atoms with E-state index in [9.17, 15) is 14.0 Å². The van der Waals surface area contributed by atoms with E-state index in [1.807, 2.05) is 0 Å². The Morgan fingerprint density at radius 2 is 2.00 bits per heavy atom. The van der Waals surface area contributed by atoms with E-state index in [1.165, 1.54) is 13.2 Å². The van der Waals surface area contributed by atoms with Crippen LogP contribution in [0.5, 0.6) is 5.75 Å². The Kier molecular flexibility index (Phi) is 4.29. The van der Waals surface area contributed by atoms with Gasteiger partial charge in [0.1, 0.15) is 5.58 Å². The number of hydrogen-bond acceptors (Lipinski definition) is 5. The average Bonchev–Trinajstić information content (AvgIpc) is 2.55. The molecule has 1 aromatic heterocycles. The van der Waals surface area contributed by atoms with Crippen molar-refractivity contribution in [2.75, 3.05) is 20.2 Å². The molecule has 0 aliphatic carbocycles. The summed E-state index contributed by atoms with van der Waals surface area (Å²) >= 11 is 0. The fourth-order valence-corrected chi connectivity index (χ4v) is 2.63. The first-order valence-corrected chi connectivity index (χ1v) is 7.46. The molecule has 1 aromatic carbocycles. The zero-order valence-electron chi connectivity index (χ0n) is 12.7. The van der Waals surface area contributed by atoms with Gasteiger partial charge in [-0.2, -0.15) is 0 Å². The Balaban J connectivity index is 1.93. The molecule has 1 amide bonds. The number of halogens is 1. The number of benzene rings is 1. The number of amides is 1. The number of ether oxygens (including phenoxy) is 1. The van der Waals surface area contributed by atoms with Crippen LogP contribution in [0.2, 0.25) is 0 Å². The van der Waals surface area contributed by atoms with E-state index in [0.29, 0.717) is 0 Å². The molecule has 6 nitrogen and oxygen atoms in total. The first-order chi connectivity index (χ1) is 11.1. The number of methoxy groups -OCH3 is 1. The van der Waals surface area contributed by atoms with Crippen LogP contribution in [0.4, 0.5) is 4.39 Å². The molecule has 2 heterocycles. The second-order valence-corrected chi connectivity index (χ2v) is 5.45. The number of fused-ring (bicyclic) bond motifs is 1. The maximum Gasteiger partial charge on any atom is 0.301 e. The van der Waals surface area contributed by atoms with Gasteiger partial charge < -0.3 is 9.15 Å². The Bertz CT molecular complexity index is 797. The third kappa shape index (κ3) is 3.19. The fourth-order valence-electron chi connectivity index (χ4n) is 2.63. The van der Waals surface area contributed by atoms with E-state index < -0.39 is 17.2 Å². The smallest absolute Gasteiger partial charge is 0.301 e. The number of nitrogens with one attached hydrogen (secondary N) is 1. The SMILES string of the molecule is COc1cc2oc(C(=O)NN3CCCCC3)cc(=O)c2cc1F. The van der Waals surface area contributed by atoms with Gasteiger partial charge in [0, 0.05) is 25.2 Å². The second-order valence-electron chi connectivity index (χ2n) is 5.45. The van der Waals surface area contributed by atoms with Crippen molar-refractivity contribution >= 4 is 16.9 Å². The lowest BCUT2D eigenvalue weighted by atomic mass is 10.2. The van der Waals surface area contributed by atoms with E-state index in [1.54, 1.807) is 5.01 Å². The van der Waals surface area contributed by atoms with Crippen LogP contribution in [0.25, 0.3) is 11.0 Å². The summed E-state index contributed by atoms with van der Waals surface area (Å²) in [6.45, 7) is 1.53. The average molecular weight is 320 g/mol. The molecular weight excluding hydrogens is 303 g/mol. The van der Waals surface area contributed by atoms with Crippen molar-refractivity contribution in [3.8, 4) is 5.75 Å². The first-order valence-electron chi connectivity index (χ1n) is 7.46. The van der Waals surface area contributed by atoms with Crippen molar-refractivity contribution < 1.29 is 18.3 Å². The van der Waals surface area contributed by atoms with Gasteiger partial charge in [0.25, 0.3) is 0 Å². The van der Waals surface area contributed by atoms with Crippen LogP contribution >= 0.6 is 0 Å². The van der Waals surface area contributed by atoms with Gasteiger partial charge in [0.05, 0.1) is 12.5 Å². The van der Waals surface area contributed by atoms with Crippen LogP contribution in [-0.2, 0) is 0 Å². The molecule has 1 aliphatic rings. The van der Waals surface area contributed by atoms with Crippen LogP contribution < -0.4 is 15.6 Å². The Hall–Kier alpha value is -2.41. The van der Waals surface area contributed by atoms with Crippen molar-refractivity contribution in [1.29, 1.82) is 0 Å². The molecule has 1 aliphatic heterocycles. The summed E-state index contributed by atoms with van der Waals surface area (Å²) in [5, 5.41) is 1.87. The minimum atomic E-state index is -0.655. The lowest BCUT2D eigenvalue weighted by Gasteiger charge is -2.26. The maximum absolute atomic E-state index is 13.7. The van der Waals surface area contributed by atoms with Crippen LogP contribution in [-0.4, -0.2) is 31.1 Å². The molecule has 2 aromatic rings. The summed E-state index contributed by atoms with van der Waals surface area (Å²) in [6, 6.07) is 3.39. The molecule has 7 heteroatoms. The van der Waals surface area contributed by atoms with E-state index in [0.717, 1.165) is 44.5 Å². The van der Waals surface area contributed by atoms with Crippen molar-refractivity contribution in [2.45, 2.75) is 19.3 Å². The lowest BCUT2D eigenvalue weighted by molar-refractivity contribution is 0.0722. The molecule has 0 radical (unpaired) electrons. The number of piperidine rings is 1. The summed E-state index contributed by atoms with van der Waals surface area (Å²) in [5.41, 5.74) is 2.36. The van der Waals surface area contributed by atoms with Gasteiger partial charge in [-0.3, -0.25) is 15.0 Å². The second kappa shape index (κ2) is 6.37. The molecule has 23 heavy (non-hydrogen) atoms. The zero-order valence-corrected chi connectivity index (χ0v) is 12.7. The summed E-state index contributed by atoms with van der Waals surface area (Å²) in [6.07, 6.45) is 3.17. The minimum Gasteiger partial charge on any atom is -0.494 e. The zero-order chi connectivity index (χ0) is 16.4. The van der Waals surface area contributed by atoms with Gasteiger partial charge in [0.2, 0.25) is 0 Å². The van der Waals surface area contributed by atoms with E-state index >= 15 is 0 Å². The van der Waals surface area contributed by atoms with Crippen molar-refractivity contribution in [3.63, 3.8) is 0 Å². The predicted octanol–water partition coefficient (Wildman–Crippen LogP) is 2.07. The Labute approximate surface area is 131 Å². The van der Waals surface area contributed by atoms with Crippen molar-refractivity contribution in [3.05, 3.63) is 40.0 Å². The van der Waals surface area contributed by atoms with Crippen LogP contribution in [0.3, 0.4) is 0 Å². The molecule has 0 unspecified atom stereocenters. The van der Waals surface area contributed by atoms with Gasteiger partial charge in [-0.05, 0) is 18.9 Å². The number of hydrazine groups is 1. The van der Waals surface area contributed by atoms with Crippen LogP contribution in [0.15, 0.2) is 27.4 Å². The van der Waals surface area contributed by atoms with Gasteiger partial charge in [-0.1, -0.05) is 6.42 Å². The number of hydrogen-bond donors (Lipinski definition) is 1. The van der Waals surface area contributed by atoms with E-state index in [-0.39, 0.29) is 22.5 Å². The molecule has 0 bridgehead atoms. The first kappa shape index (κ1) is 15.5. The summed E-state index contributed by atoms with van der Waals surface area (Å²) in [5.74, 6) is -1.30. The quantitative estimate of drug-likeness (QED) is 0.937. The molecule has 1 saturated heterocycles. The fraction of sp³-hybridized carbons (Fsp3) is 0.375. The summed E-state index contributed by atoms with van der Waals surface area (Å²) < 4.78 is 24.0. The molecule has 3 rings (SSSR count). The highest BCUT2D eigenvalue weighted by molar-refractivity contribution is 5.93. The molecule has 122 valence electrons. The number of nitrogens with zero attached hydrogens (tertiary/aromatic N) is 1. The van der Waals surface area contributed by atoms with E-state index in [2.05, 4.69) is 5.43 Å².